The van der Waals surface area contributed by atoms with Gasteiger partial charge in [-0.3, -0.25) is 14.5 Å². The van der Waals surface area contributed by atoms with Crippen molar-refractivity contribution in [2.75, 3.05) is 13.2 Å². The smallest absolute Gasteiger partial charge is 0.339 e. The molecule has 0 saturated heterocycles. The Morgan fingerprint density at radius 3 is 2.68 bits per heavy atom. The first-order valence-electron chi connectivity index (χ1n) is 10.6. The van der Waals surface area contributed by atoms with E-state index < -0.39 is 23.9 Å². The fourth-order valence-electron chi connectivity index (χ4n) is 3.40. The lowest BCUT2D eigenvalue weighted by atomic mass is 9.94. The Morgan fingerprint density at radius 2 is 2.03 bits per heavy atom. The number of aliphatic hydroxyl groups is 1. The molecule has 9 heteroatoms. The lowest BCUT2D eigenvalue weighted by molar-refractivity contribution is -0.141. The topological polar surface area (TPSA) is 121 Å². The third-order valence-electron chi connectivity index (χ3n) is 5.09. The van der Waals surface area contributed by atoms with Crippen molar-refractivity contribution in [2.45, 2.75) is 33.3 Å². The van der Waals surface area contributed by atoms with Gasteiger partial charge in [-0.1, -0.05) is 18.5 Å². The second-order valence-corrected chi connectivity index (χ2v) is 8.18. The molecule has 0 bridgehead atoms. The maximum Gasteiger partial charge on any atom is 0.339 e. The number of nitriles is 1. The minimum Gasteiger partial charge on any atom is -0.462 e. The molecule has 0 saturated carbocycles. The highest BCUT2D eigenvalue weighted by Crippen LogP contribution is 2.31. The van der Waals surface area contributed by atoms with Crippen LogP contribution in [0.3, 0.4) is 0 Å². The van der Waals surface area contributed by atoms with Crippen LogP contribution in [-0.4, -0.2) is 47.0 Å². The number of esters is 1. The highest BCUT2D eigenvalue weighted by atomic mass is 35.5. The number of nitrogens with zero attached hydrogens (tertiary/aromatic N) is 2. The predicted octanol–water partition coefficient (Wildman–Crippen LogP) is 4.14. The fraction of sp³-hybridized carbons (Fsp3) is 0.280. The van der Waals surface area contributed by atoms with Gasteiger partial charge in [0.05, 0.1) is 29.8 Å². The number of amides is 2. The third-order valence-corrected chi connectivity index (χ3v) is 5.42. The molecule has 8 nitrogen and oxygen atoms in total. The minimum atomic E-state index is -0.953. The van der Waals surface area contributed by atoms with Gasteiger partial charge < -0.3 is 14.3 Å². The summed E-state index contributed by atoms with van der Waals surface area (Å²) in [6, 6.07) is 9.92. The highest BCUT2D eigenvalue weighted by Gasteiger charge is 2.36. The van der Waals surface area contributed by atoms with Crippen LogP contribution in [0.15, 0.2) is 51.5 Å². The Hall–Kier alpha value is -3.67. The Morgan fingerprint density at radius 1 is 1.29 bits per heavy atom. The number of rotatable bonds is 7. The van der Waals surface area contributed by atoms with Gasteiger partial charge in [0, 0.05) is 11.1 Å². The molecule has 2 amide bonds. The van der Waals surface area contributed by atoms with Crippen LogP contribution in [-0.2, 0) is 14.3 Å². The van der Waals surface area contributed by atoms with Crippen LogP contribution in [0, 0.1) is 11.3 Å². The first kappa shape index (κ1) is 25.0. The number of halogens is 1. The zero-order valence-electron chi connectivity index (χ0n) is 18.9. The average molecular weight is 483 g/mol. The molecule has 1 aromatic carbocycles. The van der Waals surface area contributed by atoms with Crippen molar-refractivity contribution in [1.82, 2.24) is 4.90 Å². The Labute approximate surface area is 201 Å². The highest BCUT2D eigenvalue weighted by molar-refractivity contribution is 6.33. The number of carbonyl (C=O) groups excluding carboxylic acids is 3. The van der Waals surface area contributed by atoms with Crippen LogP contribution in [0.2, 0.25) is 5.02 Å². The molecule has 0 fully saturated rings. The number of benzene rings is 1. The molecule has 2 aromatic rings. The molecule has 1 aromatic heterocycles. The van der Waals surface area contributed by atoms with Crippen LogP contribution < -0.4 is 0 Å². The third kappa shape index (κ3) is 5.11. The molecule has 2 heterocycles. The van der Waals surface area contributed by atoms with Gasteiger partial charge in [-0.2, -0.15) is 5.26 Å². The second kappa shape index (κ2) is 10.5. The molecular formula is C25H23ClN2O6. The first-order chi connectivity index (χ1) is 16.2. The lowest BCUT2D eigenvalue weighted by Crippen LogP contribution is -2.45. The maximum absolute atomic E-state index is 12.9. The van der Waals surface area contributed by atoms with Gasteiger partial charge >= 0.3 is 5.97 Å². The Bertz CT molecular complexity index is 1250. The summed E-state index contributed by atoms with van der Waals surface area (Å²) in [6.07, 6.45) is 1.16. The second-order valence-electron chi connectivity index (χ2n) is 7.77. The van der Waals surface area contributed by atoms with Crippen LogP contribution in [0.1, 0.15) is 43.3 Å². The van der Waals surface area contributed by atoms with Crippen molar-refractivity contribution in [1.29, 1.82) is 5.26 Å². The monoisotopic (exact) mass is 482 g/mol. The van der Waals surface area contributed by atoms with Gasteiger partial charge in [0.15, 0.2) is 0 Å². The average Bonchev–Trinajstić information content (AvgIpc) is 3.27. The maximum atomic E-state index is 12.9. The predicted molar refractivity (Wildman–Crippen MR) is 124 cm³/mol. The summed E-state index contributed by atoms with van der Waals surface area (Å²) in [5.74, 6) is -1.20. The molecule has 1 N–H and O–H groups in total. The first-order valence-corrected chi connectivity index (χ1v) is 11.0. The van der Waals surface area contributed by atoms with Gasteiger partial charge in [0.1, 0.15) is 23.2 Å². The zero-order chi connectivity index (χ0) is 25.0. The summed E-state index contributed by atoms with van der Waals surface area (Å²) in [7, 11) is 0. The molecule has 0 radical (unpaired) electrons. The van der Waals surface area contributed by atoms with Crippen molar-refractivity contribution >= 4 is 35.5 Å². The van der Waals surface area contributed by atoms with Gasteiger partial charge in [0.25, 0.3) is 11.8 Å². The van der Waals surface area contributed by atoms with E-state index in [0.29, 0.717) is 23.5 Å². The van der Waals surface area contributed by atoms with Crippen LogP contribution >= 0.6 is 11.6 Å². The quantitative estimate of drug-likeness (QED) is 0.357. The molecule has 1 atom stereocenters. The standard InChI is InChI=1S/C25H23ClN2O6/c1-4-9-33-25(32)19-10-16(5-7-21(19)26)22-8-6-17(34-22)11-18-15(3)20(12-27)24(31)28(23(18)30)13-14(2)29/h5-8,10-11,14,29H,4,9,13H2,1-3H3/b18-11+. The summed E-state index contributed by atoms with van der Waals surface area (Å²) in [5, 5.41) is 19.3. The van der Waals surface area contributed by atoms with Crippen LogP contribution in [0.4, 0.5) is 0 Å². The summed E-state index contributed by atoms with van der Waals surface area (Å²) in [4.78, 5) is 38.6. The van der Waals surface area contributed by atoms with E-state index in [1.807, 2.05) is 13.0 Å². The summed E-state index contributed by atoms with van der Waals surface area (Å²) < 4.78 is 11.0. The summed E-state index contributed by atoms with van der Waals surface area (Å²) in [5.41, 5.74) is 0.938. The number of carbonyl (C=O) groups is 3. The zero-order valence-corrected chi connectivity index (χ0v) is 19.7. The molecule has 1 unspecified atom stereocenters. The number of β-amino-alcohol motifs (C(OH)–C–C–N with tert-alkyl or cyclic N) is 1. The largest absolute Gasteiger partial charge is 0.462 e. The molecule has 1 aliphatic rings. The van der Waals surface area contributed by atoms with E-state index in [1.54, 1.807) is 30.3 Å². The van der Waals surface area contributed by atoms with E-state index in [0.717, 1.165) is 4.90 Å². The molecule has 0 aliphatic carbocycles. The molecule has 176 valence electrons. The number of imide groups is 1. The Balaban J connectivity index is 1.97. The van der Waals surface area contributed by atoms with Gasteiger partial charge in [-0.25, -0.2) is 4.79 Å². The Kier molecular flexibility index (Phi) is 7.72. The minimum absolute atomic E-state index is 0.109. The number of hydrogen-bond donors (Lipinski definition) is 1. The number of furan rings is 1. The number of hydrogen-bond acceptors (Lipinski definition) is 7. The van der Waals surface area contributed by atoms with Crippen LogP contribution in [0.5, 0.6) is 0 Å². The number of aliphatic hydroxyl groups excluding tert-OH is 1. The SMILES string of the molecule is CCCOC(=O)c1cc(-c2ccc(/C=C3/C(=O)N(CC(C)O)C(=O)C(C#N)=C3C)o2)ccc1Cl. The molecule has 34 heavy (non-hydrogen) atoms. The van der Waals surface area contributed by atoms with Crippen LogP contribution in [0.25, 0.3) is 17.4 Å². The van der Waals surface area contributed by atoms with Gasteiger partial charge in [0.2, 0.25) is 0 Å². The molecular weight excluding hydrogens is 460 g/mol. The van der Waals surface area contributed by atoms with Crippen molar-refractivity contribution in [3.05, 3.63) is 63.4 Å². The van der Waals surface area contributed by atoms with Gasteiger partial charge in [-0.15, -0.1) is 0 Å². The van der Waals surface area contributed by atoms with E-state index in [4.69, 9.17) is 20.8 Å². The van der Waals surface area contributed by atoms with Crippen molar-refractivity contribution in [3.63, 3.8) is 0 Å². The molecule has 3 rings (SSSR count). The van der Waals surface area contributed by atoms with Crippen molar-refractivity contribution < 1.29 is 28.6 Å². The molecule has 0 spiro atoms. The van der Waals surface area contributed by atoms with Crippen molar-refractivity contribution in [3.8, 4) is 17.4 Å². The van der Waals surface area contributed by atoms with Crippen molar-refractivity contribution in [2.24, 2.45) is 0 Å². The van der Waals surface area contributed by atoms with Gasteiger partial charge in [-0.05, 0) is 62.2 Å². The van der Waals surface area contributed by atoms with E-state index in [-0.39, 0.29) is 40.5 Å². The fourth-order valence-corrected chi connectivity index (χ4v) is 3.59. The van der Waals surface area contributed by atoms with E-state index in [9.17, 15) is 24.8 Å². The van der Waals surface area contributed by atoms with E-state index in [2.05, 4.69) is 0 Å². The van der Waals surface area contributed by atoms with E-state index in [1.165, 1.54) is 19.9 Å². The summed E-state index contributed by atoms with van der Waals surface area (Å²) >= 11 is 6.15. The summed E-state index contributed by atoms with van der Waals surface area (Å²) in [6.45, 7) is 4.88. The normalized spacial score (nSPS) is 16.1. The van der Waals surface area contributed by atoms with E-state index >= 15 is 0 Å². The lowest BCUT2D eigenvalue weighted by Gasteiger charge is -2.28. The molecule has 1 aliphatic heterocycles. The number of ether oxygens (including phenoxy) is 1.